The summed E-state index contributed by atoms with van der Waals surface area (Å²) < 4.78 is 0. The molecule has 1 fully saturated rings. The van der Waals surface area contributed by atoms with Gasteiger partial charge in [-0.15, -0.1) is 0 Å². The second-order valence-electron chi connectivity index (χ2n) is 6.31. The van der Waals surface area contributed by atoms with E-state index in [0.717, 1.165) is 19.0 Å². The summed E-state index contributed by atoms with van der Waals surface area (Å²) in [5.74, 6) is -1.35. The fourth-order valence-corrected chi connectivity index (χ4v) is 3.04. The van der Waals surface area contributed by atoms with Crippen molar-refractivity contribution in [2.45, 2.75) is 25.2 Å². The number of carboxylic acid groups (broad SMARTS) is 1. The summed E-state index contributed by atoms with van der Waals surface area (Å²) in [5.41, 5.74) is 1.38. The number of hydrogen-bond donors (Lipinski definition) is 1. The van der Waals surface area contributed by atoms with Gasteiger partial charge in [0.15, 0.2) is 5.69 Å². The number of hydrogen-bond acceptors (Lipinski definition) is 4. The lowest BCUT2D eigenvalue weighted by atomic mass is 9.74. The average molecular weight is 325 g/mol. The highest BCUT2D eigenvalue weighted by molar-refractivity contribution is 5.92. The Morgan fingerprint density at radius 1 is 1.04 bits per heavy atom. The number of nitrogens with zero attached hydrogens (tertiary/aromatic N) is 3. The first-order valence-electron chi connectivity index (χ1n) is 7.90. The van der Waals surface area contributed by atoms with Gasteiger partial charge in [-0.1, -0.05) is 37.3 Å². The summed E-state index contributed by atoms with van der Waals surface area (Å²) in [6.45, 7) is 3.52. The quantitative estimate of drug-likeness (QED) is 0.936. The van der Waals surface area contributed by atoms with E-state index in [0.29, 0.717) is 13.1 Å². The largest absolute Gasteiger partial charge is 0.476 e. The Morgan fingerprint density at radius 2 is 1.62 bits per heavy atom. The zero-order valence-corrected chi connectivity index (χ0v) is 13.5. The standard InChI is InChI=1S/C18H19N3O3/c1-18(13-5-3-2-4-6-13)7-9-21(10-8-18)16(22)14-11-20-15(12-19-14)17(23)24/h2-6,11-12H,7-10H2,1H3,(H,23,24). The minimum absolute atomic E-state index is 0.0664. The average Bonchev–Trinajstić information content (AvgIpc) is 2.62. The number of likely N-dealkylation sites (tertiary alicyclic amines) is 1. The van der Waals surface area contributed by atoms with Crippen molar-refractivity contribution in [2.75, 3.05) is 13.1 Å². The van der Waals surface area contributed by atoms with Gasteiger partial charge >= 0.3 is 5.97 Å². The highest BCUT2D eigenvalue weighted by Gasteiger charge is 2.33. The van der Waals surface area contributed by atoms with Crippen molar-refractivity contribution >= 4 is 11.9 Å². The first-order valence-corrected chi connectivity index (χ1v) is 7.90. The number of benzene rings is 1. The van der Waals surface area contributed by atoms with Gasteiger partial charge in [0.05, 0.1) is 12.4 Å². The van der Waals surface area contributed by atoms with Crippen molar-refractivity contribution in [1.29, 1.82) is 0 Å². The molecule has 3 rings (SSSR count). The van der Waals surface area contributed by atoms with Crippen LogP contribution in [-0.4, -0.2) is 44.9 Å². The zero-order chi connectivity index (χ0) is 17.2. The number of aromatic carboxylic acids is 1. The lowest BCUT2D eigenvalue weighted by molar-refractivity contribution is 0.0659. The van der Waals surface area contributed by atoms with Gasteiger partial charge in [-0.3, -0.25) is 4.79 Å². The number of carboxylic acids is 1. The number of piperidine rings is 1. The Labute approximate surface area is 140 Å². The highest BCUT2D eigenvalue weighted by Crippen LogP contribution is 2.35. The van der Waals surface area contributed by atoms with Gasteiger partial charge in [0, 0.05) is 13.1 Å². The van der Waals surface area contributed by atoms with E-state index in [4.69, 9.17) is 5.11 Å². The van der Waals surface area contributed by atoms with Crippen LogP contribution in [0.4, 0.5) is 0 Å². The molecule has 24 heavy (non-hydrogen) atoms. The Hall–Kier alpha value is -2.76. The van der Waals surface area contributed by atoms with E-state index >= 15 is 0 Å². The molecule has 0 spiro atoms. The maximum absolute atomic E-state index is 12.5. The predicted molar refractivity (Wildman–Crippen MR) is 87.9 cm³/mol. The van der Waals surface area contributed by atoms with Crippen LogP contribution in [0.3, 0.4) is 0 Å². The summed E-state index contributed by atoms with van der Waals surface area (Å²) in [6, 6.07) is 10.3. The molecule has 1 N–H and O–H groups in total. The van der Waals surface area contributed by atoms with E-state index in [9.17, 15) is 9.59 Å². The van der Waals surface area contributed by atoms with Crippen LogP contribution in [0.15, 0.2) is 42.7 Å². The van der Waals surface area contributed by atoms with Crippen LogP contribution in [0.2, 0.25) is 0 Å². The van der Waals surface area contributed by atoms with Gasteiger partial charge in [-0.05, 0) is 23.8 Å². The molecule has 1 aromatic carbocycles. The molecular weight excluding hydrogens is 306 g/mol. The zero-order valence-electron chi connectivity index (χ0n) is 13.5. The Bertz CT molecular complexity index is 736. The van der Waals surface area contributed by atoms with Crippen LogP contribution in [-0.2, 0) is 5.41 Å². The van der Waals surface area contributed by atoms with Crippen molar-refractivity contribution in [1.82, 2.24) is 14.9 Å². The van der Waals surface area contributed by atoms with Gasteiger partial charge in [0.1, 0.15) is 5.69 Å². The van der Waals surface area contributed by atoms with Gasteiger partial charge in [-0.2, -0.15) is 0 Å². The van der Waals surface area contributed by atoms with Crippen molar-refractivity contribution in [3.05, 3.63) is 59.7 Å². The third-order valence-corrected chi connectivity index (χ3v) is 4.71. The van der Waals surface area contributed by atoms with Crippen LogP contribution in [0.1, 0.15) is 46.3 Å². The van der Waals surface area contributed by atoms with Crippen LogP contribution in [0.25, 0.3) is 0 Å². The lowest BCUT2D eigenvalue weighted by Gasteiger charge is -2.39. The number of carbonyl (C=O) groups excluding carboxylic acids is 1. The van der Waals surface area contributed by atoms with Gasteiger partial charge in [-0.25, -0.2) is 14.8 Å². The minimum atomic E-state index is -1.15. The summed E-state index contributed by atoms with van der Waals surface area (Å²) >= 11 is 0. The van der Waals surface area contributed by atoms with Gasteiger partial charge in [0.25, 0.3) is 5.91 Å². The maximum Gasteiger partial charge on any atom is 0.356 e. The molecule has 0 unspecified atom stereocenters. The van der Waals surface area contributed by atoms with E-state index in [-0.39, 0.29) is 22.7 Å². The molecule has 1 aliphatic rings. The fourth-order valence-electron chi connectivity index (χ4n) is 3.04. The Morgan fingerprint density at radius 3 is 2.17 bits per heavy atom. The highest BCUT2D eigenvalue weighted by atomic mass is 16.4. The van der Waals surface area contributed by atoms with Crippen LogP contribution < -0.4 is 0 Å². The maximum atomic E-state index is 12.5. The molecule has 124 valence electrons. The monoisotopic (exact) mass is 325 g/mol. The predicted octanol–water partition coefficient (Wildman–Crippen LogP) is 2.37. The molecule has 1 amide bonds. The molecule has 1 aliphatic heterocycles. The van der Waals surface area contributed by atoms with Crippen LogP contribution in [0.5, 0.6) is 0 Å². The van der Waals surface area contributed by atoms with E-state index in [1.807, 2.05) is 18.2 Å². The Balaban J connectivity index is 1.68. The fraction of sp³-hybridized carbons (Fsp3) is 0.333. The Kier molecular flexibility index (Phi) is 4.29. The topological polar surface area (TPSA) is 83.4 Å². The molecule has 0 bridgehead atoms. The van der Waals surface area contributed by atoms with Crippen molar-refractivity contribution in [3.8, 4) is 0 Å². The van der Waals surface area contributed by atoms with Crippen LogP contribution in [0, 0.1) is 0 Å². The lowest BCUT2D eigenvalue weighted by Crippen LogP contribution is -2.44. The first-order chi connectivity index (χ1) is 11.5. The second-order valence-corrected chi connectivity index (χ2v) is 6.31. The number of aromatic nitrogens is 2. The number of amides is 1. The molecule has 0 atom stereocenters. The van der Waals surface area contributed by atoms with Gasteiger partial charge < -0.3 is 10.0 Å². The molecule has 2 aromatic rings. The smallest absolute Gasteiger partial charge is 0.356 e. The molecule has 1 saturated heterocycles. The normalized spacial score (nSPS) is 16.6. The van der Waals surface area contributed by atoms with Crippen molar-refractivity contribution in [2.24, 2.45) is 0 Å². The molecule has 0 saturated carbocycles. The first kappa shape index (κ1) is 16.1. The van der Waals surface area contributed by atoms with E-state index in [2.05, 4.69) is 29.0 Å². The minimum Gasteiger partial charge on any atom is -0.476 e. The summed E-state index contributed by atoms with van der Waals surface area (Å²) in [4.78, 5) is 32.8. The molecule has 2 heterocycles. The molecule has 1 aromatic heterocycles. The molecule has 0 aliphatic carbocycles. The number of carbonyl (C=O) groups is 2. The summed E-state index contributed by atoms with van der Waals surface area (Å²) in [5, 5.41) is 8.83. The number of rotatable bonds is 3. The van der Waals surface area contributed by atoms with Gasteiger partial charge in [0.2, 0.25) is 0 Å². The molecule has 6 nitrogen and oxygen atoms in total. The van der Waals surface area contributed by atoms with E-state index < -0.39 is 5.97 Å². The summed E-state index contributed by atoms with van der Waals surface area (Å²) in [7, 11) is 0. The second kappa shape index (κ2) is 6.39. The molecular formula is C18H19N3O3. The van der Waals surface area contributed by atoms with Crippen molar-refractivity contribution < 1.29 is 14.7 Å². The van der Waals surface area contributed by atoms with E-state index in [1.165, 1.54) is 11.8 Å². The third kappa shape index (κ3) is 3.13. The third-order valence-electron chi connectivity index (χ3n) is 4.71. The van der Waals surface area contributed by atoms with E-state index in [1.54, 1.807) is 4.90 Å². The molecule has 0 radical (unpaired) electrons. The van der Waals surface area contributed by atoms with Crippen molar-refractivity contribution in [3.63, 3.8) is 0 Å². The van der Waals surface area contributed by atoms with Crippen LogP contribution >= 0.6 is 0 Å². The SMILES string of the molecule is CC1(c2ccccc2)CCN(C(=O)c2cnc(C(=O)O)cn2)CC1. The summed E-state index contributed by atoms with van der Waals surface area (Å²) in [6.07, 6.45) is 4.11. The molecule has 6 heteroatoms.